The molecule has 1 atom stereocenters. The van der Waals surface area contributed by atoms with Crippen molar-refractivity contribution in [2.45, 2.75) is 71.1 Å². The third kappa shape index (κ3) is 4.98. The van der Waals surface area contributed by atoms with Crippen molar-refractivity contribution in [1.82, 2.24) is 0 Å². The number of hydrogen-bond acceptors (Lipinski definition) is 1. The fraction of sp³-hybridized carbons (Fsp3) is 0.480. The maximum Gasteiger partial charge on any atom is 0.144 e. The topological polar surface area (TPSA) is 23.8 Å². The predicted molar refractivity (Wildman–Crippen MR) is 109 cm³/mol. The molecule has 0 N–H and O–H groups in total. The molecule has 1 aliphatic carbocycles. The second-order valence-corrected chi connectivity index (χ2v) is 8.06. The second-order valence-electron chi connectivity index (χ2n) is 8.06. The van der Waals surface area contributed by atoms with Crippen LogP contribution in [0.3, 0.4) is 0 Å². The Kier molecular flexibility index (Phi) is 7.20. The van der Waals surface area contributed by atoms with Crippen LogP contribution in [0.4, 0.5) is 8.78 Å². The van der Waals surface area contributed by atoms with E-state index in [1.165, 1.54) is 19.3 Å². The van der Waals surface area contributed by atoms with Crippen molar-refractivity contribution in [3.8, 4) is 6.07 Å². The van der Waals surface area contributed by atoms with Gasteiger partial charge in [0.15, 0.2) is 0 Å². The summed E-state index contributed by atoms with van der Waals surface area (Å²) in [5.41, 5.74) is 3.72. The highest BCUT2D eigenvalue weighted by atomic mass is 19.1. The zero-order valence-corrected chi connectivity index (χ0v) is 16.7. The van der Waals surface area contributed by atoms with Crippen LogP contribution in [0, 0.1) is 28.9 Å². The Morgan fingerprint density at radius 1 is 1.07 bits per heavy atom. The van der Waals surface area contributed by atoms with E-state index in [0.29, 0.717) is 17.9 Å². The Morgan fingerprint density at radius 2 is 1.93 bits per heavy atom. The first kappa shape index (κ1) is 20.5. The Hall–Kier alpha value is -2.21. The van der Waals surface area contributed by atoms with Crippen molar-refractivity contribution in [3.63, 3.8) is 0 Å². The molecule has 1 nitrogen and oxygen atoms in total. The first-order valence-electron chi connectivity index (χ1n) is 10.6. The van der Waals surface area contributed by atoms with Gasteiger partial charge in [-0.15, -0.1) is 0 Å². The van der Waals surface area contributed by atoms with Gasteiger partial charge >= 0.3 is 0 Å². The molecule has 0 heterocycles. The Labute approximate surface area is 167 Å². The highest BCUT2D eigenvalue weighted by molar-refractivity contribution is 5.41. The van der Waals surface area contributed by atoms with E-state index in [1.54, 1.807) is 12.1 Å². The predicted octanol–water partition coefficient (Wildman–Crippen LogP) is 6.70. The van der Waals surface area contributed by atoms with E-state index in [1.807, 2.05) is 18.2 Å². The standard InChI is InChI=1S/C25H29F2N/c1-2-3-4-5-6-18-7-10-20(24(26)16-18)11-8-19-9-14-23-21(15-19)12-13-22(17-28)25(23)27/h7,10,12-13,16,19H,2-6,8-9,11,14-15H2,1H3. The first-order chi connectivity index (χ1) is 13.6. The summed E-state index contributed by atoms with van der Waals surface area (Å²) in [6, 6.07) is 11.1. The van der Waals surface area contributed by atoms with Crippen LogP contribution in [0.15, 0.2) is 30.3 Å². The van der Waals surface area contributed by atoms with Gasteiger partial charge in [-0.2, -0.15) is 5.26 Å². The highest BCUT2D eigenvalue weighted by Gasteiger charge is 2.23. The molecule has 0 spiro atoms. The van der Waals surface area contributed by atoms with Crippen LogP contribution in [-0.4, -0.2) is 0 Å². The Bertz CT molecular complexity index is 850. The van der Waals surface area contributed by atoms with Gasteiger partial charge in [0.05, 0.1) is 5.56 Å². The van der Waals surface area contributed by atoms with Gasteiger partial charge in [-0.25, -0.2) is 8.78 Å². The van der Waals surface area contributed by atoms with E-state index in [9.17, 15) is 8.78 Å². The largest absolute Gasteiger partial charge is 0.207 e. The van der Waals surface area contributed by atoms with Crippen molar-refractivity contribution in [3.05, 3.63) is 69.8 Å². The number of hydrogen-bond donors (Lipinski definition) is 0. The molecule has 148 valence electrons. The minimum Gasteiger partial charge on any atom is -0.207 e. The molecule has 2 aromatic carbocycles. The summed E-state index contributed by atoms with van der Waals surface area (Å²) in [5.74, 6) is 0.000818. The summed E-state index contributed by atoms with van der Waals surface area (Å²) in [4.78, 5) is 0. The molecule has 0 aromatic heterocycles. The average Bonchev–Trinajstić information content (AvgIpc) is 2.71. The summed E-state index contributed by atoms with van der Waals surface area (Å²) >= 11 is 0. The maximum atomic E-state index is 14.5. The quantitative estimate of drug-likeness (QED) is 0.467. The summed E-state index contributed by atoms with van der Waals surface area (Å²) in [7, 11) is 0. The minimum absolute atomic E-state index is 0.0890. The van der Waals surface area contributed by atoms with Crippen molar-refractivity contribution >= 4 is 0 Å². The van der Waals surface area contributed by atoms with E-state index in [4.69, 9.17) is 5.26 Å². The van der Waals surface area contributed by atoms with Crippen molar-refractivity contribution in [2.24, 2.45) is 5.92 Å². The highest BCUT2D eigenvalue weighted by Crippen LogP contribution is 2.31. The lowest BCUT2D eigenvalue weighted by Crippen LogP contribution is -2.17. The molecule has 28 heavy (non-hydrogen) atoms. The van der Waals surface area contributed by atoms with Crippen LogP contribution >= 0.6 is 0 Å². The molecule has 3 rings (SSSR count). The van der Waals surface area contributed by atoms with Crippen LogP contribution in [0.25, 0.3) is 0 Å². The fourth-order valence-corrected chi connectivity index (χ4v) is 4.28. The van der Waals surface area contributed by atoms with E-state index >= 15 is 0 Å². The lowest BCUT2D eigenvalue weighted by molar-refractivity contribution is 0.415. The van der Waals surface area contributed by atoms with Gasteiger partial charge in [-0.3, -0.25) is 0 Å². The molecule has 0 saturated carbocycles. The molecule has 0 radical (unpaired) electrons. The maximum absolute atomic E-state index is 14.5. The van der Waals surface area contributed by atoms with Crippen molar-refractivity contribution in [1.29, 1.82) is 5.26 Å². The van der Waals surface area contributed by atoms with Gasteiger partial charge in [0.1, 0.15) is 17.7 Å². The molecule has 0 aliphatic heterocycles. The molecule has 3 heteroatoms. The summed E-state index contributed by atoms with van der Waals surface area (Å²) in [5, 5.41) is 8.97. The number of rotatable bonds is 8. The molecule has 0 fully saturated rings. The van der Waals surface area contributed by atoms with Gasteiger partial charge in [0, 0.05) is 0 Å². The normalized spacial score (nSPS) is 15.9. The van der Waals surface area contributed by atoms with E-state index in [2.05, 4.69) is 13.0 Å². The lowest BCUT2D eigenvalue weighted by atomic mass is 9.80. The van der Waals surface area contributed by atoms with Gasteiger partial charge in [-0.1, -0.05) is 44.4 Å². The molecule has 0 saturated heterocycles. The summed E-state index contributed by atoms with van der Waals surface area (Å²) in [6.45, 7) is 2.19. The minimum atomic E-state index is -0.348. The number of nitrogens with zero attached hydrogens (tertiary/aromatic N) is 1. The zero-order valence-electron chi connectivity index (χ0n) is 16.7. The smallest absolute Gasteiger partial charge is 0.144 e. The van der Waals surface area contributed by atoms with Gasteiger partial charge < -0.3 is 0 Å². The molecular formula is C25H29F2N. The van der Waals surface area contributed by atoms with Gasteiger partial charge in [0.25, 0.3) is 0 Å². The first-order valence-corrected chi connectivity index (χ1v) is 10.6. The van der Waals surface area contributed by atoms with Crippen LogP contribution in [0.2, 0.25) is 0 Å². The number of halogens is 2. The molecule has 2 aromatic rings. The van der Waals surface area contributed by atoms with E-state index in [-0.39, 0.29) is 17.2 Å². The molecule has 1 unspecified atom stereocenters. The van der Waals surface area contributed by atoms with Crippen LogP contribution < -0.4 is 0 Å². The van der Waals surface area contributed by atoms with Gasteiger partial charge in [-0.05, 0) is 85.3 Å². The van der Waals surface area contributed by atoms with Crippen LogP contribution in [-0.2, 0) is 25.7 Å². The van der Waals surface area contributed by atoms with E-state index < -0.39 is 0 Å². The van der Waals surface area contributed by atoms with Crippen molar-refractivity contribution < 1.29 is 8.78 Å². The molecule has 0 amide bonds. The number of aryl methyl sites for hydroxylation is 2. The van der Waals surface area contributed by atoms with Crippen LogP contribution in [0.1, 0.15) is 73.3 Å². The number of unbranched alkanes of at least 4 members (excludes halogenated alkanes) is 3. The van der Waals surface area contributed by atoms with Gasteiger partial charge in [0.2, 0.25) is 0 Å². The molecule has 0 bridgehead atoms. The summed E-state index contributed by atoms with van der Waals surface area (Å²) < 4.78 is 28.8. The number of benzene rings is 2. The number of nitriles is 1. The second kappa shape index (κ2) is 9.82. The average molecular weight is 382 g/mol. The summed E-state index contributed by atoms with van der Waals surface area (Å²) in [6.07, 6.45) is 9.75. The fourth-order valence-electron chi connectivity index (χ4n) is 4.28. The Morgan fingerprint density at radius 3 is 2.68 bits per heavy atom. The monoisotopic (exact) mass is 381 g/mol. The van der Waals surface area contributed by atoms with Crippen molar-refractivity contribution in [2.75, 3.05) is 0 Å². The lowest BCUT2D eigenvalue weighted by Gasteiger charge is -2.25. The third-order valence-corrected chi connectivity index (χ3v) is 6.03. The molecular weight excluding hydrogens is 352 g/mol. The third-order valence-electron chi connectivity index (χ3n) is 6.03. The van der Waals surface area contributed by atoms with E-state index in [0.717, 1.165) is 55.2 Å². The zero-order chi connectivity index (χ0) is 19.9. The SMILES string of the molecule is CCCCCCc1ccc(CCC2CCc3c(ccc(C#N)c3F)C2)c(F)c1. The molecule has 1 aliphatic rings. The van der Waals surface area contributed by atoms with Crippen LogP contribution in [0.5, 0.6) is 0 Å². The Balaban J connectivity index is 1.55. The number of fused-ring (bicyclic) bond motifs is 1.